The molecule has 0 radical (unpaired) electrons. The predicted octanol–water partition coefficient (Wildman–Crippen LogP) is 1.92. The predicted molar refractivity (Wildman–Crippen MR) is 65.7 cm³/mol. The van der Waals surface area contributed by atoms with Crippen LogP contribution in [0.5, 0.6) is 0 Å². The van der Waals surface area contributed by atoms with Gasteiger partial charge in [0.2, 0.25) is 0 Å². The number of hydrogen-bond donors (Lipinski definition) is 1. The molecule has 0 fully saturated rings. The van der Waals surface area contributed by atoms with E-state index in [1.54, 1.807) is 26.1 Å². The third-order valence-electron chi connectivity index (χ3n) is 2.42. The Morgan fingerprint density at radius 1 is 1.25 bits per heavy atom. The lowest BCUT2D eigenvalue weighted by atomic mass is 9.88. The van der Waals surface area contributed by atoms with Crippen molar-refractivity contribution in [1.82, 2.24) is 4.57 Å². The molecule has 0 amide bonds. The van der Waals surface area contributed by atoms with E-state index in [0.717, 1.165) is 5.56 Å². The molecule has 0 aliphatic carbocycles. The van der Waals surface area contributed by atoms with E-state index in [0.29, 0.717) is 6.54 Å². The van der Waals surface area contributed by atoms with Crippen LogP contribution in [0.2, 0.25) is 0 Å². The van der Waals surface area contributed by atoms with E-state index < -0.39 is 5.60 Å². The van der Waals surface area contributed by atoms with Crippen molar-refractivity contribution in [2.24, 2.45) is 0 Å². The van der Waals surface area contributed by atoms with Crippen LogP contribution in [0.1, 0.15) is 40.2 Å². The molecule has 0 aliphatic rings. The minimum absolute atomic E-state index is 0.0209. The summed E-state index contributed by atoms with van der Waals surface area (Å²) in [5.74, 6) is 0. The van der Waals surface area contributed by atoms with Gasteiger partial charge in [0.15, 0.2) is 0 Å². The molecule has 0 aromatic carbocycles. The minimum Gasteiger partial charge on any atom is -0.389 e. The van der Waals surface area contributed by atoms with Crippen LogP contribution in [0, 0.1) is 0 Å². The second-order valence-electron chi connectivity index (χ2n) is 5.94. The molecule has 90 valence electrons. The second-order valence-corrected chi connectivity index (χ2v) is 5.94. The van der Waals surface area contributed by atoms with Gasteiger partial charge < -0.3 is 9.67 Å². The van der Waals surface area contributed by atoms with Gasteiger partial charge in [-0.15, -0.1) is 0 Å². The third kappa shape index (κ3) is 3.49. The summed E-state index contributed by atoms with van der Waals surface area (Å²) in [6.07, 6.45) is 1.75. The van der Waals surface area contributed by atoms with E-state index in [1.807, 2.05) is 6.07 Å². The minimum atomic E-state index is -0.868. The molecule has 0 saturated carbocycles. The highest BCUT2D eigenvalue weighted by molar-refractivity contribution is 5.19. The number of aliphatic hydroxyl groups is 1. The van der Waals surface area contributed by atoms with Gasteiger partial charge in [0.1, 0.15) is 0 Å². The molecule has 0 aliphatic heterocycles. The monoisotopic (exact) mass is 223 g/mol. The first kappa shape index (κ1) is 13.0. The molecule has 0 atom stereocenters. The van der Waals surface area contributed by atoms with Crippen molar-refractivity contribution >= 4 is 0 Å². The molecule has 1 N–H and O–H groups in total. The van der Waals surface area contributed by atoms with Gasteiger partial charge in [0.25, 0.3) is 5.56 Å². The molecule has 0 bridgehead atoms. The summed E-state index contributed by atoms with van der Waals surface area (Å²) >= 11 is 0. The molecule has 16 heavy (non-hydrogen) atoms. The number of aromatic nitrogens is 1. The van der Waals surface area contributed by atoms with Gasteiger partial charge in [-0.1, -0.05) is 20.8 Å². The second kappa shape index (κ2) is 4.06. The molecule has 3 heteroatoms. The first-order valence-corrected chi connectivity index (χ1v) is 5.53. The Balaban J connectivity index is 3.07. The average molecular weight is 223 g/mol. The lowest BCUT2D eigenvalue weighted by molar-refractivity contribution is 0.0604. The Morgan fingerprint density at radius 3 is 2.19 bits per heavy atom. The number of pyridine rings is 1. The fraction of sp³-hybridized carbons (Fsp3) is 0.615. The lowest BCUT2D eigenvalue weighted by Gasteiger charge is -2.21. The molecular formula is C13H21NO2. The van der Waals surface area contributed by atoms with Crippen LogP contribution < -0.4 is 5.56 Å². The highest BCUT2D eigenvalue weighted by Gasteiger charge is 2.17. The Hall–Kier alpha value is -1.09. The van der Waals surface area contributed by atoms with Gasteiger partial charge in [-0.3, -0.25) is 4.79 Å². The van der Waals surface area contributed by atoms with Gasteiger partial charge in [0.05, 0.1) is 12.1 Å². The summed E-state index contributed by atoms with van der Waals surface area (Å²) < 4.78 is 1.54. The Morgan fingerprint density at radius 2 is 1.81 bits per heavy atom. The maximum absolute atomic E-state index is 11.8. The van der Waals surface area contributed by atoms with Crippen molar-refractivity contribution in [3.63, 3.8) is 0 Å². The highest BCUT2D eigenvalue weighted by atomic mass is 16.3. The molecule has 1 rings (SSSR count). The van der Waals surface area contributed by atoms with Crippen LogP contribution in [0.15, 0.2) is 23.1 Å². The van der Waals surface area contributed by atoms with E-state index in [-0.39, 0.29) is 11.0 Å². The van der Waals surface area contributed by atoms with Gasteiger partial charge in [-0.05, 0) is 30.9 Å². The van der Waals surface area contributed by atoms with Crippen LogP contribution in [0.3, 0.4) is 0 Å². The summed E-state index contributed by atoms with van der Waals surface area (Å²) in [5.41, 5.74) is 0.0686. The molecule has 0 unspecified atom stereocenters. The Kier molecular flexibility index (Phi) is 3.29. The van der Waals surface area contributed by atoms with Crippen LogP contribution in [0.25, 0.3) is 0 Å². The standard InChI is InChI=1S/C13H21NO2/c1-12(2,3)10-6-7-14(11(15)8-10)9-13(4,5)16/h6-8,16H,9H2,1-5H3. The van der Waals surface area contributed by atoms with Crippen molar-refractivity contribution in [1.29, 1.82) is 0 Å². The Labute approximate surface area is 96.7 Å². The number of rotatable bonds is 2. The van der Waals surface area contributed by atoms with Crippen molar-refractivity contribution < 1.29 is 5.11 Å². The fourth-order valence-electron chi connectivity index (χ4n) is 1.52. The van der Waals surface area contributed by atoms with Crippen LogP contribution >= 0.6 is 0 Å². The number of nitrogens with zero attached hydrogens (tertiary/aromatic N) is 1. The number of hydrogen-bond acceptors (Lipinski definition) is 2. The van der Waals surface area contributed by atoms with Crippen LogP contribution in [-0.2, 0) is 12.0 Å². The van der Waals surface area contributed by atoms with E-state index in [9.17, 15) is 9.90 Å². The average Bonchev–Trinajstić information content (AvgIpc) is 2.04. The normalized spacial score (nSPS) is 12.9. The SMILES string of the molecule is CC(C)(O)Cn1ccc(C(C)(C)C)cc1=O. The lowest BCUT2D eigenvalue weighted by Crippen LogP contribution is -2.32. The molecular weight excluding hydrogens is 202 g/mol. The first-order chi connectivity index (χ1) is 7.09. The smallest absolute Gasteiger partial charge is 0.250 e. The molecule has 1 heterocycles. The Bertz CT molecular complexity index is 419. The van der Waals surface area contributed by atoms with Gasteiger partial charge in [0, 0.05) is 12.3 Å². The summed E-state index contributed by atoms with van der Waals surface area (Å²) in [4.78, 5) is 11.8. The zero-order valence-corrected chi connectivity index (χ0v) is 10.7. The summed E-state index contributed by atoms with van der Waals surface area (Å²) in [5, 5.41) is 9.66. The van der Waals surface area contributed by atoms with E-state index in [2.05, 4.69) is 20.8 Å². The van der Waals surface area contributed by atoms with E-state index in [1.165, 1.54) is 4.57 Å². The first-order valence-electron chi connectivity index (χ1n) is 5.53. The third-order valence-corrected chi connectivity index (χ3v) is 2.42. The van der Waals surface area contributed by atoms with Crippen LogP contribution in [-0.4, -0.2) is 15.3 Å². The molecule has 1 aromatic rings. The topological polar surface area (TPSA) is 42.2 Å². The maximum Gasteiger partial charge on any atom is 0.250 e. The molecule has 0 saturated heterocycles. The van der Waals surface area contributed by atoms with E-state index in [4.69, 9.17) is 0 Å². The largest absolute Gasteiger partial charge is 0.389 e. The van der Waals surface area contributed by atoms with Gasteiger partial charge >= 0.3 is 0 Å². The van der Waals surface area contributed by atoms with Gasteiger partial charge in [-0.25, -0.2) is 0 Å². The summed E-state index contributed by atoms with van der Waals surface area (Å²) in [6, 6.07) is 3.58. The quantitative estimate of drug-likeness (QED) is 0.832. The summed E-state index contributed by atoms with van der Waals surface area (Å²) in [7, 11) is 0. The van der Waals surface area contributed by atoms with Gasteiger partial charge in [-0.2, -0.15) is 0 Å². The molecule has 1 aromatic heterocycles. The summed E-state index contributed by atoms with van der Waals surface area (Å²) in [6.45, 7) is 9.91. The zero-order valence-electron chi connectivity index (χ0n) is 10.7. The van der Waals surface area contributed by atoms with Crippen LogP contribution in [0.4, 0.5) is 0 Å². The van der Waals surface area contributed by atoms with E-state index >= 15 is 0 Å². The molecule has 0 spiro atoms. The maximum atomic E-state index is 11.8. The zero-order chi connectivity index (χ0) is 12.6. The van der Waals surface area contributed by atoms with Crippen molar-refractivity contribution in [3.05, 3.63) is 34.2 Å². The fourth-order valence-corrected chi connectivity index (χ4v) is 1.52. The van der Waals surface area contributed by atoms with Crippen molar-refractivity contribution in [2.45, 2.75) is 52.2 Å². The van der Waals surface area contributed by atoms with Crippen molar-refractivity contribution in [3.8, 4) is 0 Å². The molecule has 3 nitrogen and oxygen atoms in total. The van der Waals surface area contributed by atoms with Crippen molar-refractivity contribution in [2.75, 3.05) is 0 Å². The highest BCUT2D eigenvalue weighted by Crippen LogP contribution is 2.20.